The molecule has 1 fully saturated rings. The van der Waals surface area contributed by atoms with Crippen molar-refractivity contribution in [3.8, 4) is 0 Å². The number of nitrogens with one attached hydrogen (secondary N) is 1. The number of carbonyl (C=O) groups is 1. The van der Waals surface area contributed by atoms with Gasteiger partial charge in [-0.3, -0.25) is 9.48 Å². The molecule has 1 N–H and O–H groups in total. The summed E-state index contributed by atoms with van der Waals surface area (Å²) in [5.74, 6) is 0.144. The standard InChI is InChI=1S/C20H34N4O2/c1-3-24-18-10-9-16(21-11-8-14-26-4-2)15-17(18)19(22-24)20(25)23-12-6-5-7-13-23/h16,21H,3-15H2,1-2H3. The number of rotatable bonds is 8. The monoisotopic (exact) mass is 362 g/mol. The van der Waals surface area contributed by atoms with Crippen molar-refractivity contribution in [3.05, 3.63) is 17.0 Å². The largest absolute Gasteiger partial charge is 0.382 e. The second-order valence-corrected chi connectivity index (χ2v) is 7.39. The van der Waals surface area contributed by atoms with Gasteiger partial charge in [0.1, 0.15) is 0 Å². The lowest BCUT2D eigenvalue weighted by molar-refractivity contribution is 0.0716. The highest BCUT2D eigenvalue weighted by molar-refractivity contribution is 5.94. The molecule has 26 heavy (non-hydrogen) atoms. The SMILES string of the molecule is CCOCCCNC1CCc2c(c(C(=O)N3CCCCC3)nn2CC)C1. The molecule has 2 aliphatic rings. The van der Waals surface area contributed by atoms with E-state index in [2.05, 4.69) is 16.9 Å². The Labute approximate surface area is 157 Å². The molecule has 1 aromatic rings. The number of hydrogen-bond acceptors (Lipinski definition) is 4. The Kier molecular flexibility index (Phi) is 7.08. The molecule has 1 aliphatic heterocycles. The van der Waals surface area contributed by atoms with Gasteiger partial charge in [-0.1, -0.05) is 0 Å². The minimum atomic E-state index is 0.144. The van der Waals surface area contributed by atoms with E-state index in [1.54, 1.807) is 0 Å². The molecular formula is C20H34N4O2. The number of hydrogen-bond donors (Lipinski definition) is 1. The van der Waals surface area contributed by atoms with E-state index >= 15 is 0 Å². The molecule has 146 valence electrons. The highest BCUT2D eigenvalue weighted by Gasteiger charge is 2.31. The van der Waals surface area contributed by atoms with Gasteiger partial charge in [-0.15, -0.1) is 0 Å². The first-order valence-electron chi connectivity index (χ1n) is 10.4. The highest BCUT2D eigenvalue weighted by Crippen LogP contribution is 2.26. The van der Waals surface area contributed by atoms with Crippen molar-refractivity contribution in [3.63, 3.8) is 0 Å². The fourth-order valence-corrected chi connectivity index (χ4v) is 4.17. The molecule has 1 amide bonds. The third kappa shape index (κ3) is 4.46. The summed E-state index contributed by atoms with van der Waals surface area (Å²) in [5, 5.41) is 8.37. The molecule has 1 aromatic heterocycles. The number of nitrogens with zero attached hydrogens (tertiary/aromatic N) is 3. The fraction of sp³-hybridized carbons (Fsp3) is 0.800. The van der Waals surface area contributed by atoms with Crippen LogP contribution in [0.4, 0.5) is 0 Å². The number of piperidine rings is 1. The smallest absolute Gasteiger partial charge is 0.274 e. The van der Waals surface area contributed by atoms with Crippen molar-refractivity contribution in [2.75, 3.05) is 32.8 Å². The molecule has 0 saturated carbocycles. The zero-order chi connectivity index (χ0) is 18.4. The lowest BCUT2D eigenvalue weighted by Gasteiger charge is -2.27. The van der Waals surface area contributed by atoms with Crippen molar-refractivity contribution in [1.82, 2.24) is 20.0 Å². The maximum Gasteiger partial charge on any atom is 0.274 e. The van der Waals surface area contributed by atoms with E-state index in [1.807, 2.05) is 11.8 Å². The third-order valence-corrected chi connectivity index (χ3v) is 5.59. The van der Waals surface area contributed by atoms with E-state index in [9.17, 15) is 4.79 Å². The quantitative estimate of drug-likeness (QED) is 0.722. The molecule has 0 aromatic carbocycles. The normalized spacial score (nSPS) is 20.2. The molecular weight excluding hydrogens is 328 g/mol. The Hall–Kier alpha value is -1.40. The molecule has 6 heteroatoms. The lowest BCUT2D eigenvalue weighted by Crippen LogP contribution is -2.38. The van der Waals surface area contributed by atoms with Gasteiger partial charge in [0.25, 0.3) is 5.91 Å². The zero-order valence-corrected chi connectivity index (χ0v) is 16.4. The van der Waals surface area contributed by atoms with Gasteiger partial charge >= 0.3 is 0 Å². The first-order chi connectivity index (χ1) is 12.7. The Morgan fingerprint density at radius 1 is 1.27 bits per heavy atom. The van der Waals surface area contributed by atoms with Crippen molar-refractivity contribution in [2.24, 2.45) is 0 Å². The number of aryl methyl sites for hydroxylation is 1. The average molecular weight is 363 g/mol. The van der Waals surface area contributed by atoms with Crippen LogP contribution in [0, 0.1) is 0 Å². The van der Waals surface area contributed by atoms with Gasteiger partial charge in [-0.2, -0.15) is 5.10 Å². The van der Waals surface area contributed by atoms with Crippen molar-refractivity contribution in [1.29, 1.82) is 0 Å². The van der Waals surface area contributed by atoms with Gasteiger partial charge < -0.3 is 15.0 Å². The lowest BCUT2D eigenvalue weighted by atomic mass is 9.91. The highest BCUT2D eigenvalue weighted by atomic mass is 16.5. The molecule has 1 atom stereocenters. The summed E-state index contributed by atoms with van der Waals surface area (Å²) >= 11 is 0. The molecule has 3 rings (SSSR count). The number of fused-ring (bicyclic) bond motifs is 1. The maximum absolute atomic E-state index is 13.1. The van der Waals surface area contributed by atoms with Gasteiger partial charge in [-0.25, -0.2) is 0 Å². The predicted molar refractivity (Wildman–Crippen MR) is 103 cm³/mol. The Morgan fingerprint density at radius 2 is 2.08 bits per heavy atom. The zero-order valence-electron chi connectivity index (χ0n) is 16.4. The predicted octanol–water partition coefficient (Wildman–Crippen LogP) is 2.40. The van der Waals surface area contributed by atoms with E-state index < -0.39 is 0 Å². The topological polar surface area (TPSA) is 59.4 Å². The molecule has 1 saturated heterocycles. The first kappa shape index (κ1) is 19.4. The Bertz CT molecular complexity index is 593. The van der Waals surface area contributed by atoms with Crippen molar-refractivity contribution < 1.29 is 9.53 Å². The summed E-state index contributed by atoms with van der Waals surface area (Å²) in [7, 11) is 0. The first-order valence-corrected chi connectivity index (χ1v) is 10.4. The molecule has 1 unspecified atom stereocenters. The van der Waals surface area contributed by atoms with Crippen LogP contribution in [0.25, 0.3) is 0 Å². The second kappa shape index (κ2) is 9.51. The van der Waals surface area contributed by atoms with Gasteiger partial charge in [0.05, 0.1) is 0 Å². The van der Waals surface area contributed by atoms with E-state index in [0.717, 1.165) is 77.9 Å². The summed E-state index contributed by atoms with van der Waals surface area (Å²) < 4.78 is 7.46. The number of amides is 1. The van der Waals surface area contributed by atoms with Crippen molar-refractivity contribution >= 4 is 5.91 Å². The van der Waals surface area contributed by atoms with E-state index in [4.69, 9.17) is 9.84 Å². The minimum absolute atomic E-state index is 0.144. The number of carbonyl (C=O) groups excluding carboxylic acids is 1. The number of likely N-dealkylation sites (tertiary alicyclic amines) is 1. The summed E-state index contributed by atoms with van der Waals surface area (Å²) in [5.41, 5.74) is 3.18. The Morgan fingerprint density at radius 3 is 2.81 bits per heavy atom. The second-order valence-electron chi connectivity index (χ2n) is 7.39. The van der Waals surface area contributed by atoms with Gasteiger partial charge in [0.2, 0.25) is 0 Å². The van der Waals surface area contributed by atoms with Crippen LogP contribution in [-0.4, -0.2) is 59.5 Å². The summed E-state index contributed by atoms with van der Waals surface area (Å²) in [6, 6.07) is 0.437. The summed E-state index contributed by atoms with van der Waals surface area (Å²) in [6.45, 7) is 9.30. The summed E-state index contributed by atoms with van der Waals surface area (Å²) in [4.78, 5) is 15.1. The Balaban J connectivity index is 1.67. The molecule has 6 nitrogen and oxygen atoms in total. The molecule has 0 spiro atoms. The van der Waals surface area contributed by atoms with Crippen LogP contribution in [0.1, 0.15) is 67.7 Å². The van der Waals surface area contributed by atoms with Crippen LogP contribution >= 0.6 is 0 Å². The van der Waals surface area contributed by atoms with Crippen LogP contribution in [0.3, 0.4) is 0 Å². The van der Waals surface area contributed by atoms with Crippen LogP contribution < -0.4 is 5.32 Å². The summed E-state index contributed by atoms with van der Waals surface area (Å²) in [6.07, 6.45) is 7.54. The number of ether oxygens (including phenoxy) is 1. The molecule has 0 radical (unpaired) electrons. The van der Waals surface area contributed by atoms with E-state index in [0.29, 0.717) is 11.7 Å². The molecule has 0 bridgehead atoms. The maximum atomic E-state index is 13.1. The van der Waals surface area contributed by atoms with E-state index in [1.165, 1.54) is 17.7 Å². The van der Waals surface area contributed by atoms with Gasteiger partial charge in [0.15, 0.2) is 5.69 Å². The fourth-order valence-electron chi connectivity index (χ4n) is 4.17. The van der Waals surface area contributed by atoms with Crippen molar-refractivity contribution in [2.45, 2.75) is 71.4 Å². The molecule has 2 heterocycles. The van der Waals surface area contributed by atoms with Gasteiger partial charge in [-0.05, 0) is 65.3 Å². The number of aromatic nitrogens is 2. The minimum Gasteiger partial charge on any atom is -0.382 e. The third-order valence-electron chi connectivity index (χ3n) is 5.59. The van der Waals surface area contributed by atoms with Crippen LogP contribution in [-0.2, 0) is 24.1 Å². The average Bonchev–Trinajstić information content (AvgIpc) is 3.06. The van der Waals surface area contributed by atoms with Crippen LogP contribution in [0.5, 0.6) is 0 Å². The van der Waals surface area contributed by atoms with Crippen LogP contribution in [0.2, 0.25) is 0 Å². The molecule has 1 aliphatic carbocycles. The van der Waals surface area contributed by atoms with E-state index in [-0.39, 0.29) is 5.91 Å². The van der Waals surface area contributed by atoms with Crippen LogP contribution in [0.15, 0.2) is 0 Å². The van der Waals surface area contributed by atoms with Gasteiger partial charge in [0, 0.05) is 50.1 Å².